The highest BCUT2D eigenvalue weighted by atomic mass is 32.2. The van der Waals surface area contributed by atoms with Crippen LogP contribution >= 0.6 is 11.3 Å². The lowest BCUT2D eigenvalue weighted by Gasteiger charge is -2.06. The van der Waals surface area contributed by atoms with E-state index in [-0.39, 0.29) is 0 Å². The van der Waals surface area contributed by atoms with Gasteiger partial charge in [0.1, 0.15) is 0 Å². The van der Waals surface area contributed by atoms with E-state index in [0.29, 0.717) is 17.9 Å². The van der Waals surface area contributed by atoms with Crippen LogP contribution in [0, 0.1) is 6.92 Å². The van der Waals surface area contributed by atoms with Crippen LogP contribution in [0.1, 0.15) is 23.2 Å². The third-order valence-electron chi connectivity index (χ3n) is 2.94. The summed E-state index contributed by atoms with van der Waals surface area (Å²) < 4.78 is 26.8. The molecule has 0 fully saturated rings. The predicted octanol–water partition coefficient (Wildman–Crippen LogP) is 2.53. The predicted molar refractivity (Wildman–Crippen MR) is 81.6 cm³/mol. The first-order valence-corrected chi connectivity index (χ1v) is 8.87. The summed E-state index contributed by atoms with van der Waals surface area (Å²) >= 11 is 1.55. The number of benzene rings is 1. The molecule has 2 aromatic rings. The van der Waals surface area contributed by atoms with E-state index in [9.17, 15) is 8.42 Å². The number of aromatic nitrogens is 1. The molecule has 0 saturated carbocycles. The van der Waals surface area contributed by atoms with Crippen molar-refractivity contribution in [3.63, 3.8) is 0 Å². The van der Waals surface area contributed by atoms with Crippen LogP contribution in [0.5, 0.6) is 0 Å². The zero-order valence-corrected chi connectivity index (χ0v) is 13.2. The Bertz CT molecular complexity index is 661. The van der Waals surface area contributed by atoms with Crippen LogP contribution in [0.15, 0.2) is 34.5 Å². The number of hydrogen-bond donors (Lipinski definition) is 1. The molecule has 1 aromatic carbocycles. The summed E-state index contributed by atoms with van der Waals surface area (Å²) in [6.45, 7) is 4.34. The molecule has 0 aliphatic carbocycles. The quantitative estimate of drug-likeness (QED) is 0.892. The van der Waals surface area contributed by atoms with Crippen LogP contribution in [-0.2, 0) is 22.9 Å². The van der Waals surface area contributed by atoms with Crippen molar-refractivity contribution in [2.45, 2.75) is 31.6 Å². The molecule has 0 aliphatic heterocycles. The fraction of sp³-hybridized carbons (Fsp3) is 0.357. The number of nitrogens with zero attached hydrogens (tertiary/aromatic N) is 1. The van der Waals surface area contributed by atoms with Gasteiger partial charge in [0.15, 0.2) is 0 Å². The topological polar surface area (TPSA) is 59.1 Å². The molecule has 0 aliphatic rings. The normalized spacial score (nSPS) is 11.7. The third kappa shape index (κ3) is 3.88. The van der Waals surface area contributed by atoms with Gasteiger partial charge in [0.05, 0.1) is 9.90 Å². The van der Waals surface area contributed by atoms with Crippen molar-refractivity contribution < 1.29 is 8.42 Å². The molecule has 108 valence electrons. The Hall–Kier alpha value is -1.24. The lowest BCUT2D eigenvalue weighted by molar-refractivity contribution is 0.581. The molecular formula is C14H18N2O2S2. The number of hydrogen-bond acceptors (Lipinski definition) is 4. The van der Waals surface area contributed by atoms with Gasteiger partial charge in [0, 0.05) is 24.0 Å². The Morgan fingerprint density at radius 3 is 2.50 bits per heavy atom. The molecule has 1 aromatic heterocycles. The summed E-state index contributed by atoms with van der Waals surface area (Å²) in [5.41, 5.74) is 2.10. The number of aryl methyl sites for hydroxylation is 2. The van der Waals surface area contributed by atoms with Crippen LogP contribution in [-0.4, -0.2) is 19.9 Å². The molecule has 0 radical (unpaired) electrons. The lowest BCUT2D eigenvalue weighted by Crippen LogP contribution is -2.26. The molecule has 0 bridgehead atoms. The first-order chi connectivity index (χ1) is 9.51. The van der Waals surface area contributed by atoms with Crippen LogP contribution in [0.4, 0.5) is 0 Å². The molecule has 6 heteroatoms. The van der Waals surface area contributed by atoms with Crippen molar-refractivity contribution in [1.82, 2.24) is 9.71 Å². The van der Waals surface area contributed by atoms with E-state index in [1.807, 2.05) is 31.4 Å². The minimum atomic E-state index is -3.42. The van der Waals surface area contributed by atoms with E-state index >= 15 is 0 Å². The molecule has 1 heterocycles. The highest BCUT2D eigenvalue weighted by Gasteiger charge is 2.13. The fourth-order valence-corrected chi connectivity index (χ4v) is 3.61. The molecule has 0 unspecified atom stereocenters. The summed E-state index contributed by atoms with van der Waals surface area (Å²) in [7, 11) is -3.42. The van der Waals surface area contributed by atoms with Crippen molar-refractivity contribution in [2.75, 3.05) is 6.54 Å². The highest BCUT2D eigenvalue weighted by Crippen LogP contribution is 2.12. The largest absolute Gasteiger partial charge is 0.247 e. The molecular weight excluding hydrogens is 292 g/mol. The van der Waals surface area contributed by atoms with Crippen molar-refractivity contribution in [2.24, 2.45) is 0 Å². The van der Waals surface area contributed by atoms with Gasteiger partial charge in [-0.3, -0.25) is 0 Å². The maximum atomic E-state index is 12.1. The summed E-state index contributed by atoms with van der Waals surface area (Å²) in [6.07, 6.45) is 1.52. The van der Waals surface area contributed by atoms with Gasteiger partial charge >= 0.3 is 0 Å². The second-order valence-corrected chi connectivity index (χ2v) is 7.24. The van der Waals surface area contributed by atoms with E-state index in [1.165, 1.54) is 0 Å². The van der Waals surface area contributed by atoms with Gasteiger partial charge in [-0.15, -0.1) is 11.3 Å². The van der Waals surface area contributed by atoms with Crippen LogP contribution in [0.25, 0.3) is 0 Å². The minimum Gasteiger partial charge on any atom is -0.247 e. The second-order valence-electron chi connectivity index (χ2n) is 4.53. The first kappa shape index (κ1) is 15.2. The zero-order chi connectivity index (χ0) is 14.6. The van der Waals surface area contributed by atoms with E-state index < -0.39 is 10.0 Å². The maximum absolute atomic E-state index is 12.1. The van der Waals surface area contributed by atoms with E-state index in [4.69, 9.17) is 0 Å². The van der Waals surface area contributed by atoms with Gasteiger partial charge in [0.25, 0.3) is 0 Å². The van der Waals surface area contributed by atoms with Crippen molar-refractivity contribution in [3.05, 3.63) is 45.9 Å². The smallest absolute Gasteiger partial charge is 0.240 e. The molecule has 0 atom stereocenters. The van der Waals surface area contributed by atoms with Gasteiger partial charge in [-0.1, -0.05) is 19.1 Å². The Morgan fingerprint density at radius 2 is 1.95 bits per heavy atom. The van der Waals surface area contributed by atoms with Crippen molar-refractivity contribution >= 4 is 21.4 Å². The van der Waals surface area contributed by atoms with Crippen molar-refractivity contribution in [1.29, 1.82) is 0 Å². The molecule has 4 nitrogen and oxygen atoms in total. The lowest BCUT2D eigenvalue weighted by atomic mass is 10.2. The van der Waals surface area contributed by atoms with Gasteiger partial charge in [-0.2, -0.15) is 0 Å². The summed E-state index contributed by atoms with van der Waals surface area (Å²) in [4.78, 5) is 4.62. The number of sulfonamides is 1. The minimum absolute atomic E-state index is 0.310. The number of thiazole rings is 1. The van der Waals surface area contributed by atoms with Crippen LogP contribution < -0.4 is 4.72 Å². The molecule has 1 N–H and O–H groups in total. The summed E-state index contributed by atoms with van der Waals surface area (Å²) in [5.74, 6) is 0. The van der Waals surface area contributed by atoms with Gasteiger partial charge in [-0.05, 0) is 31.0 Å². The molecule has 0 saturated heterocycles. The molecule has 0 amide bonds. The number of rotatable bonds is 6. The average molecular weight is 310 g/mol. The SMILES string of the molecule is CCc1ccc(S(=O)(=O)NCCc2nc(C)cs2)cc1. The van der Waals surface area contributed by atoms with Gasteiger partial charge in [-0.25, -0.2) is 18.1 Å². The first-order valence-electron chi connectivity index (χ1n) is 6.51. The zero-order valence-electron chi connectivity index (χ0n) is 11.6. The van der Waals surface area contributed by atoms with E-state index in [1.54, 1.807) is 23.5 Å². The molecule has 0 spiro atoms. The standard InChI is InChI=1S/C14H18N2O2S2/c1-3-12-4-6-13(7-5-12)20(17,18)15-9-8-14-16-11(2)10-19-14/h4-7,10,15H,3,8-9H2,1-2H3. The number of nitrogens with one attached hydrogen (secondary N) is 1. The second kappa shape index (κ2) is 6.47. The van der Waals surface area contributed by atoms with Crippen molar-refractivity contribution in [3.8, 4) is 0 Å². The third-order valence-corrected chi connectivity index (χ3v) is 5.44. The molecule has 20 heavy (non-hydrogen) atoms. The van der Waals surface area contributed by atoms with E-state index in [0.717, 1.165) is 22.7 Å². The monoisotopic (exact) mass is 310 g/mol. The Morgan fingerprint density at radius 1 is 1.25 bits per heavy atom. The van der Waals surface area contributed by atoms with Gasteiger partial charge < -0.3 is 0 Å². The summed E-state index contributed by atoms with van der Waals surface area (Å²) in [6, 6.07) is 6.99. The van der Waals surface area contributed by atoms with Gasteiger partial charge in [0.2, 0.25) is 10.0 Å². The Kier molecular flexibility index (Phi) is 4.91. The maximum Gasteiger partial charge on any atom is 0.240 e. The van der Waals surface area contributed by atoms with E-state index in [2.05, 4.69) is 9.71 Å². The Balaban J connectivity index is 1.96. The molecule has 2 rings (SSSR count). The summed E-state index contributed by atoms with van der Waals surface area (Å²) in [5, 5.41) is 2.92. The average Bonchev–Trinajstić information content (AvgIpc) is 2.84. The Labute approximate surface area is 123 Å². The fourth-order valence-electron chi connectivity index (χ4n) is 1.80. The highest BCUT2D eigenvalue weighted by molar-refractivity contribution is 7.89. The van der Waals surface area contributed by atoms with Crippen LogP contribution in [0.3, 0.4) is 0 Å². The van der Waals surface area contributed by atoms with Crippen LogP contribution in [0.2, 0.25) is 0 Å².